The predicted octanol–water partition coefficient (Wildman–Crippen LogP) is 3.28. The first-order valence-corrected chi connectivity index (χ1v) is 7.77. The SMILES string of the molecule is C1C2CC3C4CC5CC(C14)C(C2)C3C5.CN=C=O. The number of nitrogens with zero attached hydrogens (tertiary/aromatic N) is 1. The van der Waals surface area contributed by atoms with E-state index in [9.17, 15) is 0 Å². The minimum Gasteiger partial charge on any atom is -0.211 e. The summed E-state index contributed by atoms with van der Waals surface area (Å²) in [5, 5.41) is 0. The van der Waals surface area contributed by atoms with Crippen LogP contribution in [-0.2, 0) is 4.79 Å². The quantitative estimate of drug-likeness (QED) is 0.476. The monoisotopic (exact) mass is 245 g/mol. The topological polar surface area (TPSA) is 29.4 Å². The minimum absolute atomic E-state index is 1.19. The van der Waals surface area contributed by atoms with Crippen LogP contribution >= 0.6 is 0 Å². The second kappa shape index (κ2) is 3.93. The van der Waals surface area contributed by atoms with Gasteiger partial charge in [0.2, 0.25) is 6.08 Å². The smallest absolute Gasteiger partial charge is 0.211 e. The second-order valence-electron chi connectivity index (χ2n) is 7.44. The molecule has 0 saturated heterocycles. The van der Waals surface area contributed by atoms with Crippen LogP contribution in [0.4, 0.5) is 0 Å². The molecule has 7 aliphatic rings. The van der Waals surface area contributed by atoms with Gasteiger partial charge in [-0.3, -0.25) is 0 Å². The van der Waals surface area contributed by atoms with Gasteiger partial charge in [-0.15, -0.1) is 0 Å². The summed E-state index contributed by atoms with van der Waals surface area (Å²) in [6.07, 6.45) is 11.2. The summed E-state index contributed by atoms with van der Waals surface area (Å²) >= 11 is 0. The average Bonchev–Trinajstić information content (AvgIpc) is 2.44. The molecule has 7 saturated carbocycles. The van der Waals surface area contributed by atoms with E-state index >= 15 is 0 Å². The Kier molecular flexibility index (Phi) is 2.45. The van der Waals surface area contributed by atoms with Crippen LogP contribution in [0.5, 0.6) is 0 Å². The van der Waals surface area contributed by atoms with Crippen LogP contribution in [0.1, 0.15) is 38.5 Å². The van der Waals surface area contributed by atoms with Gasteiger partial charge in [0.1, 0.15) is 0 Å². The molecule has 98 valence electrons. The molecule has 2 heteroatoms. The molecule has 0 amide bonds. The maximum Gasteiger partial charge on any atom is 0.234 e. The lowest BCUT2D eigenvalue weighted by Crippen LogP contribution is -2.62. The Balaban J connectivity index is 0.000000198. The van der Waals surface area contributed by atoms with Crippen molar-refractivity contribution in [3.63, 3.8) is 0 Å². The second-order valence-corrected chi connectivity index (χ2v) is 7.44. The molecule has 7 fully saturated rings. The Morgan fingerprint density at radius 3 is 1.11 bits per heavy atom. The number of aliphatic imine (C=N–C) groups is 1. The van der Waals surface area contributed by atoms with Crippen molar-refractivity contribution in [2.24, 2.45) is 52.3 Å². The molecule has 2 nitrogen and oxygen atoms in total. The van der Waals surface area contributed by atoms with Crippen LogP contribution in [0.3, 0.4) is 0 Å². The standard InChI is InChI=1S/C14H20.C2H3NO/c1-7-2-12-10-4-8-5-11(9(1)10)13(3-7)14(12)6-8;1-3-2-4/h7-14H,1-6H2;1H3. The molecule has 8 bridgehead atoms. The van der Waals surface area contributed by atoms with E-state index in [1.54, 1.807) is 38.5 Å². The normalized spacial score (nSPS) is 56.9. The highest BCUT2D eigenvalue weighted by Gasteiger charge is 2.63. The maximum atomic E-state index is 8.88. The minimum atomic E-state index is 1.19. The molecule has 0 N–H and O–H groups in total. The zero-order valence-corrected chi connectivity index (χ0v) is 11.2. The van der Waals surface area contributed by atoms with Crippen molar-refractivity contribution in [3.8, 4) is 0 Å². The largest absolute Gasteiger partial charge is 0.234 e. The van der Waals surface area contributed by atoms with E-state index in [-0.39, 0.29) is 0 Å². The summed E-state index contributed by atoms with van der Waals surface area (Å²) in [6, 6.07) is 0. The zero-order valence-electron chi connectivity index (χ0n) is 11.2. The molecule has 18 heavy (non-hydrogen) atoms. The Bertz CT molecular complexity index is 310. The van der Waals surface area contributed by atoms with Gasteiger partial charge in [-0.1, -0.05) is 0 Å². The van der Waals surface area contributed by atoms with Gasteiger partial charge in [-0.25, -0.2) is 9.79 Å². The summed E-state index contributed by atoms with van der Waals surface area (Å²) in [7, 11) is 1.38. The van der Waals surface area contributed by atoms with Gasteiger partial charge in [-0.05, 0) is 85.9 Å². The van der Waals surface area contributed by atoms with Crippen molar-refractivity contribution in [2.75, 3.05) is 7.05 Å². The molecule has 7 rings (SSSR count). The molecule has 0 aromatic rings. The van der Waals surface area contributed by atoms with Gasteiger partial charge in [0.15, 0.2) is 0 Å². The number of hydrogen-bond donors (Lipinski definition) is 0. The molecular formula is C16H23NO. The number of isocyanates is 1. The highest BCUT2D eigenvalue weighted by Crippen LogP contribution is 2.71. The summed E-state index contributed by atoms with van der Waals surface area (Å²) in [5.41, 5.74) is 0. The highest BCUT2D eigenvalue weighted by atomic mass is 16.1. The lowest BCUT2D eigenvalue weighted by molar-refractivity contribution is -0.202. The first-order chi connectivity index (χ1) is 8.81. The maximum absolute atomic E-state index is 8.88. The third kappa shape index (κ3) is 1.36. The summed E-state index contributed by atoms with van der Waals surface area (Å²) in [6.45, 7) is 0. The average molecular weight is 245 g/mol. The van der Waals surface area contributed by atoms with Gasteiger partial charge in [0, 0.05) is 7.05 Å². The van der Waals surface area contributed by atoms with Crippen molar-refractivity contribution >= 4 is 6.08 Å². The number of hydrogen-bond acceptors (Lipinski definition) is 2. The molecule has 0 aliphatic heterocycles. The van der Waals surface area contributed by atoms with Crippen molar-refractivity contribution in [3.05, 3.63) is 0 Å². The van der Waals surface area contributed by atoms with Gasteiger partial charge >= 0.3 is 0 Å². The Morgan fingerprint density at radius 1 is 0.722 bits per heavy atom. The Hall–Kier alpha value is -0.620. The van der Waals surface area contributed by atoms with E-state index in [1.807, 2.05) is 0 Å². The van der Waals surface area contributed by atoms with Crippen LogP contribution < -0.4 is 0 Å². The molecule has 0 heterocycles. The molecule has 0 atom stereocenters. The van der Waals surface area contributed by atoms with Crippen LogP contribution in [0.2, 0.25) is 0 Å². The summed E-state index contributed by atoms with van der Waals surface area (Å²) in [4.78, 5) is 11.8. The molecule has 0 spiro atoms. The van der Waals surface area contributed by atoms with E-state index in [0.29, 0.717) is 0 Å². The lowest BCUT2D eigenvalue weighted by atomic mass is 9.36. The Labute approximate surface area is 109 Å². The highest BCUT2D eigenvalue weighted by molar-refractivity contribution is 5.32. The fraction of sp³-hybridized carbons (Fsp3) is 0.938. The van der Waals surface area contributed by atoms with Crippen LogP contribution in [0, 0.1) is 47.3 Å². The van der Waals surface area contributed by atoms with Crippen LogP contribution in [0.25, 0.3) is 0 Å². The first-order valence-electron chi connectivity index (χ1n) is 7.77. The van der Waals surface area contributed by atoms with E-state index in [0.717, 1.165) is 0 Å². The van der Waals surface area contributed by atoms with E-state index in [4.69, 9.17) is 4.79 Å². The fourth-order valence-corrected chi connectivity index (χ4v) is 6.89. The first kappa shape index (κ1) is 11.2. The Morgan fingerprint density at radius 2 is 0.944 bits per heavy atom. The molecule has 0 radical (unpaired) electrons. The van der Waals surface area contributed by atoms with Crippen molar-refractivity contribution in [2.45, 2.75) is 38.5 Å². The molecular weight excluding hydrogens is 222 g/mol. The van der Waals surface area contributed by atoms with Crippen molar-refractivity contribution in [1.29, 1.82) is 0 Å². The van der Waals surface area contributed by atoms with Crippen LogP contribution in [0.15, 0.2) is 4.99 Å². The number of rotatable bonds is 0. The fourth-order valence-electron chi connectivity index (χ4n) is 6.89. The molecule has 0 aromatic carbocycles. The predicted molar refractivity (Wildman–Crippen MR) is 69.7 cm³/mol. The van der Waals surface area contributed by atoms with Crippen LogP contribution in [-0.4, -0.2) is 13.1 Å². The molecule has 0 unspecified atom stereocenters. The lowest BCUT2D eigenvalue weighted by Gasteiger charge is -2.69. The van der Waals surface area contributed by atoms with E-state index < -0.39 is 0 Å². The van der Waals surface area contributed by atoms with Gasteiger partial charge in [-0.2, -0.15) is 0 Å². The van der Waals surface area contributed by atoms with Gasteiger partial charge < -0.3 is 0 Å². The summed E-state index contributed by atoms with van der Waals surface area (Å²) in [5.74, 6) is 9.74. The molecule has 0 aromatic heterocycles. The van der Waals surface area contributed by atoms with Gasteiger partial charge in [0.25, 0.3) is 0 Å². The van der Waals surface area contributed by atoms with Crippen molar-refractivity contribution in [1.82, 2.24) is 0 Å². The third-order valence-electron chi connectivity index (χ3n) is 7.02. The molecule has 7 aliphatic carbocycles. The summed E-state index contributed by atoms with van der Waals surface area (Å²) < 4.78 is 0. The zero-order chi connectivity index (χ0) is 12.3. The third-order valence-corrected chi connectivity index (χ3v) is 7.02. The van der Waals surface area contributed by atoms with E-state index in [1.165, 1.54) is 60.5 Å². The number of carbonyl (C=O) groups excluding carboxylic acids is 1. The van der Waals surface area contributed by atoms with Gasteiger partial charge in [0.05, 0.1) is 0 Å². The van der Waals surface area contributed by atoms with Crippen molar-refractivity contribution < 1.29 is 4.79 Å². The van der Waals surface area contributed by atoms with E-state index in [2.05, 4.69) is 4.99 Å².